The SMILES string of the molecule is Cc1ccc2c(C)cc(C)c(C)c2c1. The van der Waals surface area contributed by atoms with Crippen LogP contribution < -0.4 is 0 Å². The first-order valence-electron chi connectivity index (χ1n) is 5.07. The molecule has 2 aromatic carbocycles. The maximum Gasteiger partial charge on any atom is -0.0147 e. The molecule has 72 valence electrons. The van der Waals surface area contributed by atoms with Crippen LogP contribution in [0.5, 0.6) is 0 Å². The Balaban J connectivity index is 2.95. The predicted octanol–water partition coefficient (Wildman–Crippen LogP) is 4.07. The zero-order valence-electron chi connectivity index (χ0n) is 9.31. The minimum Gasteiger partial charge on any atom is -0.0587 e. The van der Waals surface area contributed by atoms with Crippen molar-refractivity contribution < 1.29 is 0 Å². The molecule has 0 amide bonds. The van der Waals surface area contributed by atoms with Crippen LogP contribution in [0.25, 0.3) is 10.8 Å². The van der Waals surface area contributed by atoms with E-state index in [0.717, 1.165) is 0 Å². The third kappa shape index (κ3) is 1.31. The molecule has 0 spiro atoms. The van der Waals surface area contributed by atoms with Crippen molar-refractivity contribution in [2.45, 2.75) is 27.7 Å². The van der Waals surface area contributed by atoms with Gasteiger partial charge >= 0.3 is 0 Å². The largest absolute Gasteiger partial charge is 0.0587 e. The number of rotatable bonds is 0. The molecule has 0 heteroatoms. The Morgan fingerprint density at radius 3 is 2.14 bits per heavy atom. The number of hydrogen-bond donors (Lipinski definition) is 0. The van der Waals surface area contributed by atoms with Crippen molar-refractivity contribution in [3.8, 4) is 0 Å². The summed E-state index contributed by atoms with van der Waals surface area (Å²) in [4.78, 5) is 0. The van der Waals surface area contributed by atoms with Crippen LogP contribution in [-0.4, -0.2) is 0 Å². The van der Waals surface area contributed by atoms with Gasteiger partial charge in [-0.1, -0.05) is 29.8 Å². The molecule has 0 heterocycles. The molecule has 0 N–H and O–H groups in total. The van der Waals surface area contributed by atoms with Gasteiger partial charge in [0.2, 0.25) is 0 Å². The lowest BCUT2D eigenvalue weighted by molar-refractivity contribution is 1.34. The second-order valence-electron chi connectivity index (χ2n) is 4.18. The van der Waals surface area contributed by atoms with Crippen LogP contribution in [0.15, 0.2) is 24.3 Å². The van der Waals surface area contributed by atoms with Crippen LogP contribution in [0.2, 0.25) is 0 Å². The van der Waals surface area contributed by atoms with Gasteiger partial charge in [0.05, 0.1) is 0 Å². The molecule has 0 atom stereocenters. The van der Waals surface area contributed by atoms with Crippen molar-refractivity contribution in [3.05, 3.63) is 46.5 Å². The second kappa shape index (κ2) is 3.13. The zero-order chi connectivity index (χ0) is 10.3. The number of benzene rings is 2. The summed E-state index contributed by atoms with van der Waals surface area (Å²) in [5.74, 6) is 0. The van der Waals surface area contributed by atoms with Crippen LogP contribution >= 0.6 is 0 Å². The fourth-order valence-corrected chi connectivity index (χ4v) is 2.04. The normalized spacial score (nSPS) is 10.9. The average molecular weight is 184 g/mol. The molecule has 14 heavy (non-hydrogen) atoms. The van der Waals surface area contributed by atoms with E-state index < -0.39 is 0 Å². The molecular formula is C14H16. The van der Waals surface area contributed by atoms with Gasteiger partial charge in [-0.25, -0.2) is 0 Å². The minimum absolute atomic E-state index is 1.34. The van der Waals surface area contributed by atoms with Gasteiger partial charge in [-0.2, -0.15) is 0 Å². The van der Waals surface area contributed by atoms with Crippen molar-refractivity contribution >= 4 is 10.8 Å². The first-order valence-corrected chi connectivity index (χ1v) is 5.07. The number of hydrogen-bond acceptors (Lipinski definition) is 0. The Morgan fingerprint density at radius 1 is 0.714 bits per heavy atom. The van der Waals surface area contributed by atoms with E-state index in [9.17, 15) is 0 Å². The minimum atomic E-state index is 1.34. The highest BCUT2D eigenvalue weighted by atomic mass is 14.1. The van der Waals surface area contributed by atoms with Gasteiger partial charge < -0.3 is 0 Å². The van der Waals surface area contributed by atoms with Crippen LogP contribution in [0.1, 0.15) is 22.3 Å². The molecule has 0 aromatic heterocycles. The zero-order valence-corrected chi connectivity index (χ0v) is 9.31. The quantitative estimate of drug-likeness (QED) is 0.579. The van der Waals surface area contributed by atoms with Crippen molar-refractivity contribution in [1.29, 1.82) is 0 Å². The van der Waals surface area contributed by atoms with Crippen LogP contribution in [0.4, 0.5) is 0 Å². The highest BCUT2D eigenvalue weighted by Gasteiger charge is 2.03. The van der Waals surface area contributed by atoms with E-state index in [4.69, 9.17) is 0 Å². The summed E-state index contributed by atoms with van der Waals surface area (Å²) in [7, 11) is 0. The Hall–Kier alpha value is -1.30. The van der Waals surface area contributed by atoms with E-state index in [-0.39, 0.29) is 0 Å². The molecule has 0 aliphatic heterocycles. The predicted molar refractivity (Wildman–Crippen MR) is 62.9 cm³/mol. The Morgan fingerprint density at radius 2 is 1.43 bits per heavy atom. The molecule has 0 fully saturated rings. The summed E-state index contributed by atoms with van der Waals surface area (Å²) < 4.78 is 0. The molecule has 0 unspecified atom stereocenters. The second-order valence-corrected chi connectivity index (χ2v) is 4.18. The summed E-state index contributed by atoms with van der Waals surface area (Å²) in [6.07, 6.45) is 0. The highest BCUT2D eigenvalue weighted by Crippen LogP contribution is 2.25. The molecule has 0 saturated carbocycles. The van der Waals surface area contributed by atoms with Gasteiger partial charge in [0.25, 0.3) is 0 Å². The average Bonchev–Trinajstić information content (AvgIpc) is 2.14. The van der Waals surface area contributed by atoms with Crippen LogP contribution in [0, 0.1) is 27.7 Å². The summed E-state index contributed by atoms with van der Waals surface area (Å²) in [6.45, 7) is 8.72. The molecular weight excluding hydrogens is 168 g/mol. The van der Waals surface area contributed by atoms with Gasteiger partial charge in [-0.3, -0.25) is 0 Å². The van der Waals surface area contributed by atoms with E-state index in [1.165, 1.54) is 33.0 Å². The molecule has 0 saturated heterocycles. The summed E-state index contributed by atoms with van der Waals surface area (Å²) in [5, 5.41) is 2.79. The molecule has 0 aliphatic rings. The highest BCUT2D eigenvalue weighted by molar-refractivity contribution is 5.89. The monoisotopic (exact) mass is 184 g/mol. The van der Waals surface area contributed by atoms with E-state index >= 15 is 0 Å². The van der Waals surface area contributed by atoms with Crippen molar-refractivity contribution in [3.63, 3.8) is 0 Å². The fourth-order valence-electron chi connectivity index (χ4n) is 2.04. The molecule has 0 nitrogen and oxygen atoms in total. The Kier molecular flexibility index (Phi) is 2.07. The lowest BCUT2D eigenvalue weighted by Gasteiger charge is -2.09. The fraction of sp³-hybridized carbons (Fsp3) is 0.286. The van der Waals surface area contributed by atoms with Gasteiger partial charge in [-0.05, 0) is 55.2 Å². The topological polar surface area (TPSA) is 0 Å². The molecule has 0 aliphatic carbocycles. The van der Waals surface area contributed by atoms with E-state index in [2.05, 4.69) is 52.0 Å². The standard InChI is InChI=1S/C14H16/c1-9-5-6-13-11(3)8-10(2)12(4)14(13)7-9/h5-8H,1-4H3. The van der Waals surface area contributed by atoms with Crippen molar-refractivity contribution in [1.82, 2.24) is 0 Å². The Labute approximate surface area is 85.6 Å². The summed E-state index contributed by atoms with van der Waals surface area (Å²) in [5.41, 5.74) is 5.52. The van der Waals surface area contributed by atoms with Crippen LogP contribution in [-0.2, 0) is 0 Å². The maximum absolute atomic E-state index is 2.28. The third-order valence-corrected chi connectivity index (χ3v) is 3.03. The van der Waals surface area contributed by atoms with Gasteiger partial charge in [0.15, 0.2) is 0 Å². The van der Waals surface area contributed by atoms with Gasteiger partial charge in [-0.15, -0.1) is 0 Å². The van der Waals surface area contributed by atoms with E-state index in [1.807, 2.05) is 0 Å². The van der Waals surface area contributed by atoms with Crippen molar-refractivity contribution in [2.75, 3.05) is 0 Å². The first kappa shape index (κ1) is 9.26. The van der Waals surface area contributed by atoms with Crippen molar-refractivity contribution in [2.24, 2.45) is 0 Å². The first-order chi connectivity index (χ1) is 6.59. The third-order valence-electron chi connectivity index (χ3n) is 3.03. The van der Waals surface area contributed by atoms with Gasteiger partial charge in [0, 0.05) is 0 Å². The molecule has 2 rings (SSSR count). The number of fused-ring (bicyclic) bond motifs is 1. The smallest absolute Gasteiger partial charge is 0.0147 e. The molecule has 0 bridgehead atoms. The number of aryl methyl sites for hydroxylation is 4. The lowest BCUT2D eigenvalue weighted by atomic mass is 9.96. The van der Waals surface area contributed by atoms with Gasteiger partial charge in [0.1, 0.15) is 0 Å². The van der Waals surface area contributed by atoms with E-state index in [1.54, 1.807) is 0 Å². The lowest BCUT2D eigenvalue weighted by Crippen LogP contribution is -1.88. The summed E-state index contributed by atoms with van der Waals surface area (Å²) >= 11 is 0. The Bertz CT molecular complexity index is 493. The summed E-state index contributed by atoms with van der Waals surface area (Å²) in [6, 6.07) is 8.97. The maximum atomic E-state index is 2.28. The van der Waals surface area contributed by atoms with Crippen LogP contribution in [0.3, 0.4) is 0 Å². The van der Waals surface area contributed by atoms with E-state index in [0.29, 0.717) is 0 Å². The molecule has 0 radical (unpaired) electrons. The molecule has 2 aromatic rings.